The molecule has 0 unspecified atom stereocenters. The summed E-state index contributed by atoms with van der Waals surface area (Å²) in [4.78, 5) is 27.3. The van der Waals surface area contributed by atoms with Crippen molar-refractivity contribution in [3.05, 3.63) is 24.0 Å². The lowest BCUT2D eigenvalue weighted by molar-refractivity contribution is 0.0312. The van der Waals surface area contributed by atoms with Gasteiger partial charge >= 0.3 is 12.2 Å². The van der Waals surface area contributed by atoms with Crippen LogP contribution in [0.3, 0.4) is 0 Å². The summed E-state index contributed by atoms with van der Waals surface area (Å²) in [6.07, 6.45) is -0.991. The van der Waals surface area contributed by atoms with Gasteiger partial charge in [-0.25, -0.2) is 9.59 Å². The molecule has 0 fully saturated rings. The molecule has 1 aromatic heterocycles. The summed E-state index contributed by atoms with van der Waals surface area (Å²) in [5.41, 5.74) is 2.81. The minimum absolute atomic E-state index is 0.115. The van der Waals surface area contributed by atoms with E-state index in [1.807, 2.05) is 20.8 Å². The molecule has 0 aromatic carbocycles. The summed E-state index contributed by atoms with van der Waals surface area (Å²) in [7, 11) is 0. The summed E-state index contributed by atoms with van der Waals surface area (Å²) < 4.78 is 5.03. The minimum Gasteiger partial charge on any atom is -0.463 e. The second kappa shape index (κ2) is 6.21. The lowest BCUT2D eigenvalue weighted by atomic mass is 9.92. The van der Waals surface area contributed by atoms with Crippen molar-refractivity contribution >= 4 is 17.9 Å². The van der Waals surface area contributed by atoms with Gasteiger partial charge in [0.1, 0.15) is 5.60 Å². The number of nitrogens with one attached hydrogen (secondary N) is 1. The van der Waals surface area contributed by atoms with Crippen LogP contribution in [-0.4, -0.2) is 32.9 Å². The molecule has 122 valence electrons. The van der Waals surface area contributed by atoms with Gasteiger partial charge in [0.2, 0.25) is 0 Å². The summed E-state index contributed by atoms with van der Waals surface area (Å²) in [6, 6.07) is 3.44. The minimum atomic E-state index is -1.46. The molecule has 2 N–H and O–H groups in total. The number of hydrogen-bond donors (Lipinski definition) is 2. The first-order valence-corrected chi connectivity index (χ1v) is 6.89. The Kier molecular flexibility index (Phi) is 5.01. The Morgan fingerprint density at radius 3 is 2.14 bits per heavy atom. The van der Waals surface area contributed by atoms with Crippen molar-refractivity contribution in [2.24, 2.45) is 0 Å². The molecule has 0 atom stereocenters. The van der Waals surface area contributed by atoms with Crippen molar-refractivity contribution in [3.63, 3.8) is 0 Å². The van der Waals surface area contributed by atoms with E-state index in [0.717, 1.165) is 5.69 Å². The third kappa shape index (κ3) is 5.23. The number of nitrogens with zero attached hydrogens (tertiary/aromatic N) is 2. The van der Waals surface area contributed by atoms with Gasteiger partial charge in [0.25, 0.3) is 0 Å². The molecule has 0 aliphatic carbocycles. The van der Waals surface area contributed by atoms with Crippen LogP contribution in [0.15, 0.2) is 18.3 Å². The van der Waals surface area contributed by atoms with Crippen molar-refractivity contribution in [2.75, 3.05) is 5.43 Å². The molecular weight excluding hydrogens is 286 g/mol. The maximum absolute atomic E-state index is 11.9. The van der Waals surface area contributed by atoms with Gasteiger partial charge in [-0.05, 0) is 32.9 Å². The van der Waals surface area contributed by atoms with Gasteiger partial charge < -0.3 is 9.84 Å². The number of aromatic nitrogens is 1. The van der Waals surface area contributed by atoms with E-state index in [1.165, 1.54) is 6.20 Å². The van der Waals surface area contributed by atoms with Crippen molar-refractivity contribution in [1.82, 2.24) is 9.99 Å². The molecule has 0 aliphatic heterocycles. The molecule has 0 aliphatic rings. The first-order chi connectivity index (χ1) is 9.90. The quantitative estimate of drug-likeness (QED) is 0.811. The average Bonchev–Trinajstić information content (AvgIpc) is 2.32. The van der Waals surface area contributed by atoms with Crippen LogP contribution in [0.1, 0.15) is 47.2 Å². The zero-order valence-corrected chi connectivity index (χ0v) is 13.8. The van der Waals surface area contributed by atoms with Gasteiger partial charge in [-0.15, -0.1) is 5.01 Å². The van der Waals surface area contributed by atoms with E-state index in [9.17, 15) is 9.59 Å². The van der Waals surface area contributed by atoms with Gasteiger partial charge in [0.15, 0.2) is 0 Å². The molecule has 0 radical (unpaired) electrons. The fourth-order valence-corrected chi connectivity index (χ4v) is 1.51. The summed E-state index contributed by atoms with van der Waals surface area (Å²) in [5, 5.41) is 9.52. The largest absolute Gasteiger partial charge is 0.463 e. The summed E-state index contributed by atoms with van der Waals surface area (Å²) >= 11 is 0. The predicted molar refractivity (Wildman–Crippen MR) is 82.7 cm³/mol. The number of amides is 2. The first-order valence-electron chi connectivity index (χ1n) is 6.89. The fourth-order valence-electron chi connectivity index (χ4n) is 1.51. The van der Waals surface area contributed by atoms with Crippen LogP contribution in [0, 0.1) is 0 Å². The van der Waals surface area contributed by atoms with E-state index < -0.39 is 17.8 Å². The SMILES string of the molecule is CC(C)(C)OC(=O)N(Nc1ccc(C(C)(C)C)nc1)C(=O)O. The van der Waals surface area contributed by atoms with E-state index in [1.54, 1.807) is 32.9 Å². The van der Waals surface area contributed by atoms with E-state index in [4.69, 9.17) is 9.84 Å². The second-order valence-electron chi connectivity index (χ2n) is 6.89. The van der Waals surface area contributed by atoms with Gasteiger partial charge in [0.05, 0.1) is 11.9 Å². The molecule has 2 amide bonds. The molecular formula is C15H23N3O4. The van der Waals surface area contributed by atoms with Crippen LogP contribution >= 0.6 is 0 Å². The Morgan fingerprint density at radius 1 is 1.18 bits per heavy atom. The lowest BCUT2D eigenvalue weighted by Gasteiger charge is -2.25. The van der Waals surface area contributed by atoms with Crippen LogP contribution in [0.5, 0.6) is 0 Å². The highest BCUT2D eigenvalue weighted by Crippen LogP contribution is 2.21. The summed E-state index contributed by atoms with van der Waals surface area (Å²) in [5.74, 6) is 0. The highest BCUT2D eigenvalue weighted by molar-refractivity contribution is 5.88. The monoisotopic (exact) mass is 309 g/mol. The number of rotatable bonds is 2. The zero-order valence-electron chi connectivity index (χ0n) is 13.8. The molecule has 0 saturated heterocycles. The van der Waals surface area contributed by atoms with Crippen LogP contribution in [0.4, 0.5) is 15.3 Å². The third-order valence-electron chi connectivity index (χ3n) is 2.54. The molecule has 0 bridgehead atoms. The lowest BCUT2D eigenvalue weighted by Crippen LogP contribution is -2.43. The number of anilines is 1. The second-order valence-corrected chi connectivity index (χ2v) is 6.89. The number of carboxylic acid groups (broad SMARTS) is 1. The van der Waals surface area contributed by atoms with Crippen molar-refractivity contribution in [3.8, 4) is 0 Å². The topological polar surface area (TPSA) is 91.8 Å². The maximum atomic E-state index is 11.9. The molecule has 0 saturated carbocycles. The van der Waals surface area contributed by atoms with E-state index in [0.29, 0.717) is 10.7 Å². The van der Waals surface area contributed by atoms with Crippen LogP contribution in [0.25, 0.3) is 0 Å². The Bertz CT molecular complexity index is 541. The normalized spacial score (nSPS) is 11.7. The fraction of sp³-hybridized carbons (Fsp3) is 0.533. The Morgan fingerprint density at radius 2 is 1.77 bits per heavy atom. The Labute approximate surface area is 130 Å². The molecule has 7 heteroatoms. The predicted octanol–water partition coefficient (Wildman–Crippen LogP) is 3.62. The summed E-state index contributed by atoms with van der Waals surface area (Å²) in [6.45, 7) is 11.0. The Balaban J connectivity index is 2.88. The molecule has 1 aromatic rings. The first kappa shape index (κ1) is 17.7. The van der Waals surface area contributed by atoms with E-state index in [2.05, 4.69) is 10.4 Å². The number of imide groups is 1. The highest BCUT2D eigenvalue weighted by atomic mass is 16.6. The van der Waals surface area contributed by atoms with E-state index >= 15 is 0 Å². The van der Waals surface area contributed by atoms with Crippen LogP contribution in [-0.2, 0) is 10.2 Å². The third-order valence-corrected chi connectivity index (χ3v) is 2.54. The van der Waals surface area contributed by atoms with Gasteiger partial charge in [0, 0.05) is 11.1 Å². The smallest absolute Gasteiger partial charge is 0.439 e. The number of carbonyl (C=O) groups excluding carboxylic acids is 1. The van der Waals surface area contributed by atoms with Crippen LogP contribution < -0.4 is 5.43 Å². The zero-order chi connectivity index (χ0) is 17.1. The van der Waals surface area contributed by atoms with E-state index in [-0.39, 0.29) is 5.41 Å². The molecule has 1 heterocycles. The van der Waals surface area contributed by atoms with Gasteiger partial charge in [-0.2, -0.15) is 0 Å². The van der Waals surface area contributed by atoms with Crippen molar-refractivity contribution in [2.45, 2.75) is 52.6 Å². The number of carbonyl (C=O) groups is 2. The molecule has 22 heavy (non-hydrogen) atoms. The standard InChI is InChI=1S/C15H23N3O4/c1-14(2,3)11-8-7-10(9-16-11)17-18(12(19)20)13(21)22-15(4,5)6/h7-9,17H,1-6H3,(H,19,20). The maximum Gasteiger partial charge on any atom is 0.439 e. The van der Waals surface area contributed by atoms with Crippen LogP contribution in [0.2, 0.25) is 0 Å². The number of ether oxygens (including phenoxy) is 1. The van der Waals surface area contributed by atoms with Crippen molar-refractivity contribution in [1.29, 1.82) is 0 Å². The van der Waals surface area contributed by atoms with Gasteiger partial charge in [-0.3, -0.25) is 10.4 Å². The Hall–Kier alpha value is -2.31. The average molecular weight is 309 g/mol. The highest BCUT2D eigenvalue weighted by Gasteiger charge is 2.27. The van der Waals surface area contributed by atoms with Crippen molar-refractivity contribution < 1.29 is 19.4 Å². The number of hydrogen-bond acceptors (Lipinski definition) is 5. The molecule has 1 rings (SSSR count). The number of hydrazine groups is 1. The number of pyridine rings is 1. The molecule has 0 spiro atoms. The van der Waals surface area contributed by atoms with Gasteiger partial charge in [-0.1, -0.05) is 20.8 Å². The molecule has 7 nitrogen and oxygen atoms in total.